The molecule has 3 fully saturated rings. The summed E-state index contributed by atoms with van der Waals surface area (Å²) in [6.07, 6.45) is 8.37. The number of phenols is 1. The molecule has 3 aliphatic heterocycles. The van der Waals surface area contributed by atoms with Crippen LogP contribution in [0.1, 0.15) is 19.8 Å². The Hall–Kier alpha value is -3.82. The smallest absolute Gasteiger partial charge is 0.140 e. The molecule has 0 amide bonds. The van der Waals surface area contributed by atoms with E-state index in [9.17, 15) is 5.11 Å². The van der Waals surface area contributed by atoms with Gasteiger partial charge in [0, 0.05) is 17.5 Å². The molecule has 0 spiro atoms. The zero-order valence-electron chi connectivity index (χ0n) is 22.0. The number of ether oxygens (including phenoxy) is 1. The van der Waals surface area contributed by atoms with Crippen LogP contribution < -0.4 is 15.2 Å². The van der Waals surface area contributed by atoms with Crippen LogP contribution in [-0.2, 0) is 0 Å². The van der Waals surface area contributed by atoms with Crippen LogP contribution in [0.15, 0.2) is 97.6 Å². The van der Waals surface area contributed by atoms with Gasteiger partial charge in [0.2, 0.25) is 0 Å². The Morgan fingerprint density at radius 3 is 2.53 bits per heavy atom. The van der Waals surface area contributed by atoms with Gasteiger partial charge in [-0.25, -0.2) is 0 Å². The van der Waals surface area contributed by atoms with Gasteiger partial charge in [-0.3, -0.25) is 4.90 Å². The molecule has 1 unspecified atom stereocenters. The van der Waals surface area contributed by atoms with Gasteiger partial charge in [-0.2, -0.15) is 0 Å². The highest BCUT2D eigenvalue weighted by Crippen LogP contribution is 2.41. The van der Waals surface area contributed by atoms with Crippen LogP contribution in [0.4, 0.5) is 0 Å². The number of benzene rings is 4. The fourth-order valence-corrected chi connectivity index (χ4v) is 6.65. The average Bonchev–Trinajstić information content (AvgIpc) is 2.96. The first-order chi connectivity index (χ1) is 18.6. The Labute approximate surface area is 224 Å². The third-order valence-corrected chi connectivity index (χ3v) is 8.54. The van der Waals surface area contributed by atoms with Crippen LogP contribution in [0.5, 0.6) is 11.5 Å². The highest BCUT2D eigenvalue weighted by molar-refractivity contribution is 6.10. The van der Waals surface area contributed by atoms with Gasteiger partial charge in [0.1, 0.15) is 17.6 Å². The number of rotatable bonds is 6. The van der Waals surface area contributed by atoms with Crippen molar-refractivity contribution in [3.63, 3.8) is 0 Å². The van der Waals surface area contributed by atoms with Crippen molar-refractivity contribution in [1.29, 1.82) is 0 Å². The topological polar surface area (TPSA) is 32.7 Å². The molecule has 3 aliphatic rings. The van der Waals surface area contributed by atoms with Crippen LogP contribution in [0.3, 0.4) is 0 Å². The van der Waals surface area contributed by atoms with Crippen molar-refractivity contribution in [1.82, 2.24) is 4.90 Å². The van der Waals surface area contributed by atoms with E-state index in [-0.39, 0.29) is 17.9 Å². The van der Waals surface area contributed by atoms with Crippen molar-refractivity contribution in [3.05, 3.63) is 108 Å². The van der Waals surface area contributed by atoms with E-state index in [1.807, 2.05) is 19.1 Å². The molecule has 0 aromatic heterocycles. The second-order valence-corrected chi connectivity index (χ2v) is 10.7. The summed E-state index contributed by atoms with van der Waals surface area (Å²) >= 11 is 0. The summed E-state index contributed by atoms with van der Waals surface area (Å²) in [7, 11) is 0. The monoisotopic (exact) mass is 501 g/mol. The lowest BCUT2D eigenvalue weighted by atomic mass is 9.73. The summed E-state index contributed by atoms with van der Waals surface area (Å²) in [6, 6.07) is 24.8. The fraction of sp³-hybridized carbons (Fsp3) is 0.257. The minimum Gasteiger partial charge on any atom is -0.508 e. The number of piperidine rings is 3. The molecule has 3 heterocycles. The lowest BCUT2D eigenvalue weighted by Gasteiger charge is -2.51. The lowest BCUT2D eigenvalue weighted by Crippen LogP contribution is -2.59. The maximum Gasteiger partial charge on any atom is 0.140 e. The Kier molecular flexibility index (Phi) is 6.55. The first-order valence-corrected chi connectivity index (χ1v) is 13.7. The van der Waals surface area contributed by atoms with Gasteiger partial charge in [0.05, 0.1) is 6.04 Å². The van der Waals surface area contributed by atoms with E-state index in [1.165, 1.54) is 22.6 Å². The summed E-state index contributed by atoms with van der Waals surface area (Å²) in [6.45, 7) is 12.6. The first-order valence-electron chi connectivity index (χ1n) is 13.7. The maximum atomic E-state index is 10.4. The molecule has 7 rings (SSSR count). The predicted molar refractivity (Wildman–Crippen MR) is 159 cm³/mol. The number of hydrogen-bond acceptors (Lipinski definition) is 3. The minimum absolute atomic E-state index is 0.211. The van der Waals surface area contributed by atoms with Crippen molar-refractivity contribution >= 4 is 33.7 Å². The molecular weight excluding hydrogens is 466 g/mol. The summed E-state index contributed by atoms with van der Waals surface area (Å²) in [5, 5.41) is 17.0. The van der Waals surface area contributed by atoms with Crippen LogP contribution >= 0.6 is 0 Å². The standard InChI is InChI=1S/C35H35NO2/c1-4-10-31(32-21-27(37)16-15-23(32)3)35(33-19-25-17-18-36(33)22-24(25)5-2)38-34-20-26-11-6-7-12-28(26)29-13-8-9-14-30(29)34/h4-16,20-21,24-25,33,35,37H,2-3,17-19,22H2,1H3/b10-4-,32-31+/t24-,25-,33-,35-/m0/s1. The average molecular weight is 502 g/mol. The molecular formula is C35H35NO2. The normalized spacial score (nSPS) is 24.6. The number of aromatic hydroxyl groups is 1. The van der Waals surface area contributed by atoms with Crippen molar-refractivity contribution in [2.24, 2.45) is 11.8 Å². The SMILES string of the molecule is C=C[C@H]1CN2CC[C@H]1C[C@H]2[C@@H](Oc1cc2ccccc2c2ccccc12)C(/C=C\C)=c1\cc(O)ccc1=C. The van der Waals surface area contributed by atoms with Crippen molar-refractivity contribution < 1.29 is 9.84 Å². The van der Waals surface area contributed by atoms with Crippen LogP contribution in [-0.4, -0.2) is 35.2 Å². The molecule has 192 valence electrons. The second kappa shape index (κ2) is 10.2. The second-order valence-electron chi connectivity index (χ2n) is 10.7. The fourth-order valence-electron chi connectivity index (χ4n) is 6.65. The van der Waals surface area contributed by atoms with Gasteiger partial charge < -0.3 is 9.84 Å². The highest BCUT2D eigenvalue weighted by Gasteiger charge is 2.44. The van der Waals surface area contributed by atoms with Gasteiger partial charge in [0.15, 0.2) is 0 Å². The van der Waals surface area contributed by atoms with Crippen molar-refractivity contribution in [2.75, 3.05) is 13.1 Å². The number of fused-ring (bicyclic) bond motifs is 6. The number of phenolic OH excluding ortho intramolecular Hbond substituents is 1. The highest BCUT2D eigenvalue weighted by atomic mass is 16.5. The third-order valence-electron chi connectivity index (χ3n) is 8.54. The van der Waals surface area contributed by atoms with Crippen LogP contribution in [0.25, 0.3) is 33.7 Å². The zero-order chi connectivity index (χ0) is 26.2. The molecule has 3 heteroatoms. The van der Waals surface area contributed by atoms with E-state index in [0.717, 1.165) is 46.7 Å². The third kappa shape index (κ3) is 4.31. The molecule has 3 saturated heterocycles. The molecule has 0 radical (unpaired) electrons. The Morgan fingerprint density at radius 2 is 1.79 bits per heavy atom. The van der Waals surface area contributed by atoms with E-state index in [2.05, 4.69) is 90.9 Å². The van der Waals surface area contributed by atoms with E-state index in [0.29, 0.717) is 11.8 Å². The van der Waals surface area contributed by atoms with E-state index < -0.39 is 0 Å². The predicted octanol–water partition coefficient (Wildman–Crippen LogP) is 6.18. The van der Waals surface area contributed by atoms with Gasteiger partial charge >= 0.3 is 0 Å². The molecule has 4 aromatic carbocycles. The molecule has 38 heavy (non-hydrogen) atoms. The van der Waals surface area contributed by atoms with Gasteiger partial charge in [-0.15, -0.1) is 6.58 Å². The Bertz CT molecular complexity index is 1650. The molecule has 0 saturated carbocycles. The first kappa shape index (κ1) is 24.5. The number of hydrogen-bond donors (Lipinski definition) is 1. The molecule has 0 aliphatic carbocycles. The van der Waals surface area contributed by atoms with Crippen LogP contribution in [0.2, 0.25) is 0 Å². The van der Waals surface area contributed by atoms with Crippen molar-refractivity contribution in [2.45, 2.75) is 31.9 Å². The van der Waals surface area contributed by atoms with Gasteiger partial charge in [0.25, 0.3) is 0 Å². The van der Waals surface area contributed by atoms with Gasteiger partial charge in [-0.05, 0) is 82.9 Å². The van der Waals surface area contributed by atoms with Gasteiger partial charge in [-0.1, -0.05) is 79.4 Å². The quantitative estimate of drug-likeness (QED) is 0.253. The molecule has 5 atom stereocenters. The lowest BCUT2D eigenvalue weighted by molar-refractivity contribution is -0.0182. The molecule has 2 bridgehead atoms. The number of nitrogens with zero attached hydrogens (tertiary/aromatic N) is 1. The largest absolute Gasteiger partial charge is 0.508 e. The summed E-state index contributed by atoms with van der Waals surface area (Å²) < 4.78 is 7.20. The van der Waals surface area contributed by atoms with E-state index >= 15 is 0 Å². The van der Waals surface area contributed by atoms with E-state index in [4.69, 9.17) is 4.74 Å². The summed E-state index contributed by atoms with van der Waals surface area (Å²) in [5.41, 5.74) is 1.05. The molecule has 3 nitrogen and oxygen atoms in total. The zero-order valence-corrected chi connectivity index (χ0v) is 22.0. The summed E-state index contributed by atoms with van der Waals surface area (Å²) in [5.74, 6) is 2.26. The maximum absolute atomic E-state index is 10.4. The number of allylic oxidation sites excluding steroid dienone is 1. The van der Waals surface area contributed by atoms with Crippen LogP contribution in [0, 0.1) is 11.8 Å². The molecule has 4 aromatic rings. The van der Waals surface area contributed by atoms with Crippen molar-refractivity contribution in [3.8, 4) is 11.5 Å². The summed E-state index contributed by atoms with van der Waals surface area (Å²) in [4.78, 5) is 2.59. The minimum atomic E-state index is -0.230. The Morgan fingerprint density at radius 1 is 1.03 bits per heavy atom. The Balaban J connectivity index is 1.57. The molecule has 1 N–H and O–H groups in total. The van der Waals surface area contributed by atoms with E-state index in [1.54, 1.807) is 6.07 Å².